The van der Waals surface area contributed by atoms with Gasteiger partial charge in [-0.3, -0.25) is 4.57 Å². The second-order valence-electron chi connectivity index (χ2n) is 5.52. The maximum atomic E-state index is 12.5. The molecule has 2 aliphatic rings. The molecule has 0 bridgehead atoms. The van der Waals surface area contributed by atoms with Gasteiger partial charge in [0.1, 0.15) is 0 Å². The molecule has 0 unspecified atom stereocenters. The Morgan fingerprint density at radius 2 is 1.22 bits per heavy atom. The third kappa shape index (κ3) is 4.34. The molecule has 0 aromatic carbocycles. The highest BCUT2D eigenvalue weighted by atomic mass is 31.2. The summed E-state index contributed by atoms with van der Waals surface area (Å²) < 4.78 is 24.0. The van der Waals surface area contributed by atoms with Crippen LogP contribution in [0.3, 0.4) is 0 Å². The molecule has 0 amide bonds. The van der Waals surface area contributed by atoms with Crippen LogP contribution in [-0.2, 0) is 13.6 Å². The van der Waals surface area contributed by atoms with Crippen LogP contribution in [0.15, 0.2) is 0 Å². The standard InChI is InChI=1S/C13H26NO3P/c14-11-18(15,16-12-7-3-1-4-8-12)17-13-9-5-2-6-10-13/h12-13H,1-11,14H2. The monoisotopic (exact) mass is 275 g/mol. The Morgan fingerprint density at radius 1 is 0.833 bits per heavy atom. The summed E-state index contributed by atoms with van der Waals surface area (Å²) >= 11 is 0. The summed E-state index contributed by atoms with van der Waals surface area (Å²) in [5, 5.41) is 0. The molecule has 0 aliphatic heterocycles. The number of rotatable bonds is 5. The number of hydrogen-bond donors (Lipinski definition) is 1. The zero-order chi connectivity index (χ0) is 12.8. The highest BCUT2D eigenvalue weighted by molar-refractivity contribution is 7.53. The Hall–Kier alpha value is 0.110. The zero-order valence-corrected chi connectivity index (χ0v) is 12.1. The van der Waals surface area contributed by atoms with Crippen molar-refractivity contribution in [3.05, 3.63) is 0 Å². The van der Waals surface area contributed by atoms with Gasteiger partial charge in [0.15, 0.2) is 0 Å². The van der Waals surface area contributed by atoms with Gasteiger partial charge >= 0.3 is 7.60 Å². The van der Waals surface area contributed by atoms with E-state index in [0.29, 0.717) is 0 Å². The molecule has 0 saturated heterocycles. The van der Waals surface area contributed by atoms with Crippen LogP contribution >= 0.6 is 7.60 Å². The topological polar surface area (TPSA) is 61.6 Å². The Balaban J connectivity index is 1.85. The maximum absolute atomic E-state index is 12.5. The Labute approximate surface area is 110 Å². The summed E-state index contributed by atoms with van der Waals surface area (Å²) in [6.07, 6.45) is 11.4. The molecule has 0 radical (unpaired) electrons. The summed E-state index contributed by atoms with van der Waals surface area (Å²) in [6, 6.07) is 0. The normalized spacial score (nSPS) is 24.3. The van der Waals surface area contributed by atoms with Gasteiger partial charge in [0.05, 0.1) is 18.5 Å². The molecule has 0 aromatic rings. The fourth-order valence-corrected chi connectivity index (χ4v) is 4.46. The van der Waals surface area contributed by atoms with E-state index >= 15 is 0 Å². The second kappa shape index (κ2) is 7.04. The molecule has 5 heteroatoms. The molecule has 4 nitrogen and oxygen atoms in total. The van der Waals surface area contributed by atoms with Crippen molar-refractivity contribution in [2.75, 3.05) is 6.29 Å². The smallest absolute Gasteiger partial charge is 0.320 e. The van der Waals surface area contributed by atoms with Gasteiger partial charge in [0.25, 0.3) is 0 Å². The van der Waals surface area contributed by atoms with E-state index in [2.05, 4.69) is 0 Å². The van der Waals surface area contributed by atoms with Crippen molar-refractivity contribution in [3.8, 4) is 0 Å². The molecule has 18 heavy (non-hydrogen) atoms. The lowest BCUT2D eigenvalue weighted by molar-refractivity contribution is 0.0793. The molecule has 2 rings (SSSR count). The van der Waals surface area contributed by atoms with Gasteiger partial charge < -0.3 is 14.8 Å². The van der Waals surface area contributed by atoms with E-state index in [4.69, 9.17) is 14.8 Å². The first-order valence-corrected chi connectivity index (χ1v) is 9.10. The van der Waals surface area contributed by atoms with Gasteiger partial charge in [0.2, 0.25) is 0 Å². The van der Waals surface area contributed by atoms with Crippen LogP contribution in [-0.4, -0.2) is 18.5 Å². The van der Waals surface area contributed by atoms with Gasteiger partial charge in [-0.15, -0.1) is 0 Å². The van der Waals surface area contributed by atoms with E-state index in [1.165, 1.54) is 38.5 Å². The predicted octanol–water partition coefficient (Wildman–Crippen LogP) is 3.79. The summed E-state index contributed by atoms with van der Waals surface area (Å²) in [5.74, 6) is 0. The molecule has 2 aliphatic carbocycles. The van der Waals surface area contributed by atoms with Crippen molar-refractivity contribution in [2.24, 2.45) is 5.73 Å². The van der Waals surface area contributed by atoms with Gasteiger partial charge in [0, 0.05) is 0 Å². The lowest BCUT2D eigenvalue weighted by Crippen LogP contribution is -2.23. The second-order valence-corrected chi connectivity index (χ2v) is 7.53. The number of nitrogens with two attached hydrogens (primary N) is 1. The van der Waals surface area contributed by atoms with Crippen molar-refractivity contribution < 1.29 is 13.6 Å². The van der Waals surface area contributed by atoms with Crippen LogP contribution in [0.4, 0.5) is 0 Å². The zero-order valence-electron chi connectivity index (χ0n) is 11.2. The van der Waals surface area contributed by atoms with Crippen molar-refractivity contribution in [1.82, 2.24) is 0 Å². The lowest BCUT2D eigenvalue weighted by atomic mass is 9.98. The highest BCUT2D eigenvalue weighted by Crippen LogP contribution is 2.51. The van der Waals surface area contributed by atoms with Crippen LogP contribution in [0, 0.1) is 0 Å². The molecule has 2 fully saturated rings. The van der Waals surface area contributed by atoms with Crippen molar-refractivity contribution in [1.29, 1.82) is 0 Å². The Morgan fingerprint density at radius 3 is 1.56 bits per heavy atom. The third-order valence-electron chi connectivity index (χ3n) is 3.95. The van der Waals surface area contributed by atoms with Crippen LogP contribution in [0.1, 0.15) is 64.2 Å². The lowest BCUT2D eigenvalue weighted by Gasteiger charge is -2.30. The van der Waals surface area contributed by atoms with Crippen LogP contribution in [0.5, 0.6) is 0 Å². The SMILES string of the molecule is NCP(=O)(OC1CCCCC1)OC1CCCCC1. The van der Waals surface area contributed by atoms with Gasteiger partial charge in [-0.05, 0) is 25.7 Å². The summed E-state index contributed by atoms with van der Waals surface area (Å²) in [7, 11) is -3.06. The quantitative estimate of drug-likeness (QED) is 0.775. The molecule has 0 atom stereocenters. The summed E-state index contributed by atoms with van der Waals surface area (Å²) in [4.78, 5) is 0. The summed E-state index contributed by atoms with van der Waals surface area (Å²) in [6.45, 7) is 0. The average molecular weight is 275 g/mol. The molecular formula is C13H26NO3P. The number of hydrogen-bond acceptors (Lipinski definition) is 4. The third-order valence-corrected chi connectivity index (χ3v) is 5.63. The van der Waals surface area contributed by atoms with E-state index in [0.717, 1.165) is 25.7 Å². The highest BCUT2D eigenvalue weighted by Gasteiger charge is 2.31. The predicted molar refractivity (Wildman–Crippen MR) is 72.6 cm³/mol. The van der Waals surface area contributed by atoms with E-state index in [1.807, 2.05) is 0 Å². The largest absolute Gasteiger partial charge is 0.344 e. The van der Waals surface area contributed by atoms with E-state index in [1.54, 1.807) is 0 Å². The first-order chi connectivity index (χ1) is 8.72. The first kappa shape index (κ1) is 14.5. The van der Waals surface area contributed by atoms with E-state index in [9.17, 15) is 4.57 Å². The minimum Gasteiger partial charge on any atom is -0.320 e. The van der Waals surface area contributed by atoms with Crippen LogP contribution < -0.4 is 5.73 Å². The van der Waals surface area contributed by atoms with E-state index < -0.39 is 7.60 Å². The van der Waals surface area contributed by atoms with Gasteiger partial charge in [-0.25, -0.2) is 0 Å². The molecule has 2 N–H and O–H groups in total. The molecule has 2 saturated carbocycles. The van der Waals surface area contributed by atoms with Gasteiger partial charge in [-0.1, -0.05) is 38.5 Å². The molecule has 106 valence electrons. The van der Waals surface area contributed by atoms with Gasteiger partial charge in [-0.2, -0.15) is 0 Å². The van der Waals surface area contributed by atoms with Crippen molar-refractivity contribution in [3.63, 3.8) is 0 Å². The maximum Gasteiger partial charge on any atom is 0.344 e. The minimum atomic E-state index is -3.06. The van der Waals surface area contributed by atoms with Crippen LogP contribution in [0.2, 0.25) is 0 Å². The molecule has 0 heterocycles. The van der Waals surface area contributed by atoms with Crippen molar-refractivity contribution in [2.45, 2.75) is 76.4 Å². The van der Waals surface area contributed by atoms with Crippen LogP contribution in [0.25, 0.3) is 0 Å². The molecule has 0 aromatic heterocycles. The Kier molecular flexibility index (Phi) is 5.68. The molecular weight excluding hydrogens is 249 g/mol. The average Bonchev–Trinajstić information content (AvgIpc) is 2.41. The minimum absolute atomic E-state index is 0.0139. The summed E-state index contributed by atoms with van der Waals surface area (Å²) in [5.41, 5.74) is 5.63. The Bertz CT molecular complexity index is 262. The van der Waals surface area contributed by atoms with E-state index in [-0.39, 0.29) is 18.5 Å². The van der Waals surface area contributed by atoms with Crippen molar-refractivity contribution >= 4 is 7.60 Å². The first-order valence-electron chi connectivity index (χ1n) is 7.38. The fourth-order valence-electron chi connectivity index (χ4n) is 2.91. The fraction of sp³-hybridized carbons (Fsp3) is 1.00. The molecule has 0 spiro atoms.